The lowest BCUT2D eigenvalue weighted by atomic mass is 9.96. The summed E-state index contributed by atoms with van der Waals surface area (Å²) in [5.74, 6) is -1.01. The van der Waals surface area contributed by atoms with E-state index < -0.39 is 23.5 Å². The van der Waals surface area contributed by atoms with Gasteiger partial charge in [-0.1, -0.05) is 23.7 Å². The van der Waals surface area contributed by atoms with Crippen molar-refractivity contribution in [2.45, 2.75) is 13.0 Å². The third kappa shape index (κ3) is 4.15. The summed E-state index contributed by atoms with van der Waals surface area (Å²) in [4.78, 5) is 31.9. The quantitative estimate of drug-likeness (QED) is 0.321. The van der Waals surface area contributed by atoms with Gasteiger partial charge in [-0.2, -0.15) is 0 Å². The van der Waals surface area contributed by atoms with Crippen LogP contribution in [0.2, 0.25) is 5.02 Å². The van der Waals surface area contributed by atoms with Gasteiger partial charge >= 0.3 is 0 Å². The topological polar surface area (TPSA) is 89.0 Å². The predicted molar refractivity (Wildman–Crippen MR) is 125 cm³/mol. The molecule has 1 aliphatic heterocycles. The number of Topliss-reactive ketones (excluding diaryl/α,β-unsaturated/α-hetero) is 1. The Kier molecular flexibility index (Phi) is 6.33. The number of aliphatic hydroxyl groups is 1. The maximum absolute atomic E-state index is 13.2. The number of pyridine rings is 1. The number of halogens is 1. The van der Waals surface area contributed by atoms with Crippen LogP contribution in [0.4, 0.5) is 5.69 Å². The SMILES string of the molecule is CCOc1cccc(N2C(=O)C(=O)/C(=C(/O)c3cc(OC)ccc3Cl)C2c2cccnc2)c1. The number of rotatable bonds is 6. The van der Waals surface area contributed by atoms with E-state index in [0.717, 1.165) is 0 Å². The molecule has 33 heavy (non-hydrogen) atoms. The Bertz CT molecular complexity index is 1240. The Labute approximate surface area is 195 Å². The summed E-state index contributed by atoms with van der Waals surface area (Å²) < 4.78 is 10.8. The number of amides is 1. The second-order valence-electron chi connectivity index (χ2n) is 7.23. The summed E-state index contributed by atoms with van der Waals surface area (Å²) >= 11 is 6.32. The van der Waals surface area contributed by atoms with Crippen molar-refractivity contribution in [2.75, 3.05) is 18.6 Å². The molecule has 1 atom stereocenters. The minimum atomic E-state index is -0.919. The monoisotopic (exact) mass is 464 g/mol. The maximum Gasteiger partial charge on any atom is 0.300 e. The molecule has 0 aliphatic carbocycles. The van der Waals surface area contributed by atoms with E-state index in [1.165, 1.54) is 18.1 Å². The number of hydrogen-bond donors (Lipinski definition) is 1. The van der Waals surface area contributed by atoms with E-state index in [0.29, 0.717) is 29.4 Å². The lowest BCUT2D eigenvalue weighted by molar-refractivity contribution is -0.132. The van der Waals surface area contributed by atoms with Crippen molar-refractivity contribution in [3.8, 4) is 11.5 Å². The molecule has 168 valence electrons. The molecule has 0 spiro atoms. The first kappa shape index (κ1) is 22.4. The highest BCUT2D eigenvalue weighted by atomic mass is 35.5. The van der Waals surface area contributed by atoms with Crippen LogP contribution in [0, 0.1) is 0 Å². The van der Waals surface area contributed by atoms with Crippen molar-refractivity contribution in [2.24, 2.45) is 0 Å². The smallest absolute Gasteiger partial charge is 0.300 e. The van der Waals surface area contributed by atoms with Crippen molar-refractivity contribution in [3.05, 3.63) is 88.7 Å². The third-order valence-electron chi connectivity index (χ3n) is 5.28. The number of anilines is 1. The van der Waals surface area contributed by atoms with Gasteiger partial charge in [-0.05, 0) is 48.9 Å². The Morgan fingerprint density at radius 1 is 1.12 bits per heavy atom. The van der Waals surface area contributed by atoms with E-state index in [2.05, 4.69) is 4.98 Å². The number of ether oxygens (including phenoxy) is 2. The highest BCUT2D eigenvalue weighted by Crippen LogP contribution is 2.43. The van der Waals surface area contributed by atoms with Crippen molar-refractivity contribution in [1.29, 1.82) is 0 Å². The van der Waals surface area contributed by atoms with Gasteiger partial charge in [0.2, 0.25) is 0 Å². The minimum absolute atomic E-state index is 0.0926. The predicted octanol–water partition coefficient (Wildman–Crippen LogP) is 4.77. The van der Waals surface area contributed by atoms with Gasteiger partial charge in [0.15, 0.2) is 0 Å². The molecule has 1 saturated heterocycles. The molecule has 1 aliphatic rings. The molecule has 1 amide bonds. The first-order valence-electron chi connectivity index (χ1n) is 10.2. The van der Waals surface area contributed by atoms with Crippen molar-refractivity contribution in [1.82, 2.24) is 4.98 Å². The molecular weight excluding hydrogens is 444 g/mol. The molecule has 1 unspecified atom stereocenters. The summed E-state index contributed by atoms with van der Waals surface area (Å²) in [5.41, 5.74) is 1.10. The third-order valence-corrected chi connectivity index (χ3v) is 5.61. The van der Waals surface area contributed by atoms with Crippen LogP contribution in [0.1, 0.15) is 24.1 Å². The standard InChI is InChI=1S/C25H21ClN2O5/c1-3-33-18-8-4-7-16(12-18)28-22(15-6-5-11-27-14-15)21(24(30)25(28)31)23(29)19-13-17(32-2)9-10-20(19)26/h4-14,22,29H,3H2,1-2H3/b23-21+. The molecular formula is C25H21ClN2O5. The molecule has 0 saturated carbocycles. The first-order chi connectivity index (χ1) is 16.0. The van der Waals surface area contributed by atoms with E-state index in [9.17, 15) is 14.7 Å². The summed E-state index contributed by atoms with van der Waals surface area (Å²) in [6.07, 6.45) is 3.14. The normalized spacial score (nSPS) is 17.3. The Balaban J connectivity index is 1.94. The zero-order valence-electron chi connectivity index (χ0n) is 18.0. The lowest BCUT2D eigenvalue weighted by Gasteiger charge is -2.25. The largest absolute Gasteiger partial charge is 0.507 e. The van der Waals surface area contributed by atoms with E-state index in [4.69, 9.17) is 21.1 Å². The van der Waals surface area contributed by atoms with Gasteiger partial charge in [0, 0.05) is 29.7 Å². The van der Waals surface area contributed by atoms with Gasteiger partial charge in [-0.25, -0.2) is 0 Å². The molecule has 1 N–H and O–H groups in total. The van der Waals surface area contributed by atoms with Crippen LogP contribution in [-0.4, -0.2) is 35.5 Å². The summed E-state index contributed by atoms with van der Waals surface area (Å²) in [5, 5.41) is 11.5. The Hall–Kier alpha value is -3.84. The number of ketones is 1. The lowest BCUT2D eigenvalue weighted by Crippen LogP contribution is -2.29. The fourth-order valence-corrected chi connectivity index (χ4v) is 4.01. The number of carbonyl (C=O) groups is 2. The van der Waals surface area contributed by atoms with Gasteiger partial charge in [0.1, 0.15) is 17.3 Å². The fraction of sp³-hybridized carbons (Fsp3) is 0.160. The Morgan fingerprint density at radius 2 is 1.94 bits per heavy atom. The van der Waals surface area contributed by atoms with Crippen LogP contribution in [0.15, 0.2) is 72.6 Å². The number of benzene rings is 2. The van der Waals surface area contributed by atoms with E-state index in [-0.39, 0.29) is 16.2 Å². The molecule has 7 nitrogen and oxygen atoms in total. The summed E-state index contributed by atoms with van der Waals surface area (Å²) in [6.45, 7) is 2.30. The van der Waals surface area contributed by atoms with Crippen LogP contribution in [-0.2, 0) is 9.59 Å². The average Bonchev–Trinajstić information content (AvgIpc) is 3.10. The molecule has 2 heterocycles. The summed E-state index contributed by atoms with van der Waals surface area (Å²) in [7, 11) is 1.48. The number of methoxy groups -OCH3 is 1. The molecule has 2 aromatic carbocycles. The van der Waals surface area contributed by atoms with Crippen molar-refractivity contribution in [3.63, 3.8) is 0 Å². The zero-order valence-corrected chi connectivity index (χ0v) is 18.7. The second kappa shape index (κ2) is 9.34. The van der Waals surface area contributed by atoms with Gasteiger partial charge in [-0.3, -0.25) is 19.5 Å². The van der Waals surface area contributed by atoms with E-state index in [1.54, 1.807) is 60.9 Å². The molecule has 4 rings (SSSR count). The molecule has 1 aromatic heterocycles. The highest BCUT2D eigenvalue weighted by Gasteiger charge is 2.47. The number of hydrogen-bond acceptors (Lipinski definition) is 6. The van der Waals surface area contributed by atoms with Crippen LogP contribution >= 0.6 is 11.6 Å². The number of aliphatic hydroxyl groups excluding tert-OH is 1. The molecule has 1 fully saturated rings. The second-order valence-corrected chi connectivity index (χ2v) is 7.64. The summed E-state index contributed by atoms with van der Waals surface area (Å²) in [6, 6.07) is 14.1. The van der Waals surface area contributed by atoms with Crippen LogP contribution in [0.3, 0.4) is 0 Å². The molecule has 3 aromatic rings. The van der Waals surface area contributed by atoms with Crippen LogP contribution < -0.4 is 14.4 Å². The minimum Gasteiger partial charge on any atom is -0.507 e. The molecule has 0 bridgehead atoms. The highest BCUT2D eigenvalue weighted by molar-refractivity contribution is 6.52. The fourth-order valence-electron chi connectivity index (χ4n) is 3.80. The van der Waals surface area contributed by atoms with Gasteiger partial charge in [0.05, 0.1) is 30.4 Å². The number of nitrogens with zero attached hydrogens (tertiary/aromatic N) is 2. The molecule has 0 radical (unpaired) electrons. The average molecular weight is 465 g/mol. The maximum atomic E-state index is 13.2. The van der Waals surface area contributed by atoms with Gasteiger partial charge in [-0.15, -0.1) is 0 Å². The molecule has 8 heteroatoms. The number of aromatic nitrogens is 1. The van der Waals surface area contributed by atoms with Gasteiger partial charge < -0.3 is 14.6 Å². The van der Waals surface area contributed by atoms with Crippen LogP contribution in [0.25, 0.3) is 5.76 Å². The Morgan fingerprint density at radius 3 is 2.64 bits per heavy atom. The first-order valence-corrected chi connectivity index (χ1v) is 10.6. The van der Waals surface area contributed by atoms with E-state index in [1.807, 2.05) is 6.92 Å². The van der Waals surface area contributed by atoms with Crippen molar-refractivity contribution < 1.29 is 24.2 Å². The van der Waals surface area contributed by atoms with Crippen LogP contribution in [0.5, 0.6) is 11.5 Å². The number of carbonyl (C=O) groups excluding carboxylic acids is 2. The van der Waals surface area contributed by atoms with E-state index >= 15 is 0 Å². The van der Waals surface area contributed by atoms with Crippen molar-refractivity contribution >= 4 is 34.7 Å². The zero-order chi connectivity index (χ0) is 23.5. The van der Waals surface area contributed by atoms with Gasteiger partial charge in [0.25, 0.3) is 11.7 Å².